The summed E-state index contributed by atoms with van der Waals surface area (Å²) < 4.78 is 27.8. The third kappa shape index (κ3) is 4.83. The van der Waals surface area contributed by atoms with Crippen molar-refractivity contribution in [2.45, 2.75) is 26.4 Å². The van der Waals surface area contributed by atoms with Crippen molar-refractivity contribution in [1.82, 2.24) is 14.9 Å². The number of hydrogen-bond donors (Lipinski definition) is 1. The first kappa shape index (κ1) is 20.6. The molecule has 152 valence electrons. The standard InChI is InChI=1S/C21H24N4O3S/c1-16-8-10-19(11-9-16)25(29(3,27)28)17(2)21(26)23-14-18-6-4-5-7-20(18)24-13-12-22-15-24/h4-13,15,17H,14H2,1-3H3,(H,23,26). The number of rotatable bonds is 7. The molecule has 8 heteroatoms. The number of anilines is 1. The number of hydrogen-bond acceptors (Lipinski definition) is 4. The zero-order valence-corrected chi connectivity index (χ0v) is 17.4. The van der Waals surface area contributed by atoms with Crippen molar-refractivity contribution in [1.29, 1.82) is 0 Å². The van der Waals surface area contributed by atoms with Crippen molar-refractivity contribution in [3.8, 4) is 5.69 Å². The normalized spacial score (nSPS) is 12.4. The molecule has 3 aromatic rings. The second kappa shape index (κ2) is 8.48. The van der Waals surface area contributed by atoms with E-state index in [4.69, 9.17) is 0 Å². The third-order valence-corrected chi connectivity index (χ3v) is 5.85. The molecule has 1 heterocycles. The van der Waals surface area contributed by atoms with E-state index in [0.717, 1.165) is 27.4 Å². The summed E-state index contributed by atoms with van der Waals surface area (Å²) in [5.41, 5.74) is 3.26. The van der Waals surface area contributed by atoms with Gasteiger partial charge in [-0.3, -0.25) is 9.10 Å². The Morgan fingerprint density at radius 2 is 1.86 bits per heavy atom. The highest BCUT2D eigenvalue weighted by Crippen LogP contribution is 2.21. The van der Waals surface area contributed by atoms with Crippen molar-refractivity contribution in [2.75, 3.05) is 10.6 Å². The van der Waals surface area contributed by atoms with E-state index in [2.05, 4.69) is 10.3 Å². The van der Waals surface area contributed by atoms with E-state index in [1.807, 2.05) is 54.1 Å². The van der Waals surface area contributed by atoms with Crippen LogP contribution < -0.4 is 9.62 Å². The van der Waals surface area contributed by atoms with Crippen LogP contribution >= 0.6 is 0 Å². The monoisotopic (exact) mass is 412 g/mol. The van der Waals surface area contributed by atoms with Gasteiger partial charge >= 0.3 is 0 Å². The maximum absolute atomic E-state index is 12.8. The highest BCUT2D eigenvalue weighted by molar-refractivity contribution is 7.92. The summed E-state index contributed by atoms with van der Waals surface area (Å²) in [5, 5.41) is 2.86. The Balaban J connectivity index is 1.79. The Hall–Kier alpha value is -3.13. The molecule has 0 fully saturated rings. The van der Waals surface area contributed by atoms with Crippen molar-refractivity contribution in [3.63, 3.8) is 0 Å². The summed E-state index contributed by atoms with van der Waals surface area (Å²) in [5.74, 6) is -0.378. The summed E-state index contributed by atoms with van der Waals surface area (Å²) in [6.45, 7) is 3.77. The number of nitrogens with zero attached hydrogens (tertiary/aromatic N) is 3. The lowest BCUT2D eigenvalue weighted by atomic mass is 10.1. The number of benzene rings is 2. The Bertz CT molecular complexity index is 1080. The highest BCUT2D eigenvalue weighted by Gasteiger charge is 2.29. The van der Waals surface area contributed by atoms with Crippen LogP contribution in [0.25, 0.3) is 5.69 Å². The third-order valence-electron chi connectivity index (χ3n) is 4.60. The molecule has 1 unspecified atom stereocenters. The van der Waals surface area contributed by atoms with E-state index in [9.17, 15) is 13.2 Å². The zero-order valence-electron chi connectivity index (χ0n) is 16.6. The Labute approximate surface area is 171 Å². The fourth-order valence-electron chi connectivity index (χ4n) is 3.14. The number of amides is 1. The van der Waals surface area contributed by atoms with Crippen molar-refractivity contribution < 1.29 is 13.2 Å². The van der Waals surface area contributed by atoms with Gasteiger partial charge < -0.3 is 9.88 Å². The molecule has 0 aliphatic rings. The second-order valence-electron chi connectivity index (χ2n) is 6.89. The van der Waals surface area contributed by atoms with Crippen molar-refractivity contribution >= 4 is 21.6 Å². The molecule has 1 aromatic heterocycles. The molecule has 3 rings (SSSR count). The number of sulfonamides is 1. The fraction of sp³-hybridized carbons (Fsp3) is 0.238. The number of carbonyl (C=O) groups is 1. The Morgan fingerprint density at radius 1 is 1.17 bits per heavy atom. The summed E-state index contributed by atoms with van der Waals surface area (Å²) in [6.07, 6.45) is 6.30. The van der Waals surface area contributed by atoms with Crippen LogP contribution in [0.4, 0.5) is 5.69 Å². The quantitative estimate of drug-likeness (QED) is 0.647. The van der Waals surface area contributed by atoms with Gasteiger partial charge in [-0.15, -0.1) is 0 Å². The highest BCUT2D eigenvalue weighted by atomic mass is 32.2. The minimum absolute atomic E-state index is 0.267. The van der Waals surface area contributed by atoms with E-state index in [0.29, 0.717) is 5.69 Å². The molecule has 1 N–H and O–H groups in total. The molecule has 0 bridgehead atoms. The van der Waals surface area contributed by atoms with E-state index in [-0.39, 0.29) is 12.5 Å². The average molecular weight is 413 g/mol. The molecule has 1 atom stereocenters. The largest absolute Gasteiger partial charge is 0.350 e. The van der Waals surface area contributed by atoms with Crippen LogP contribution in [0.3, 0.4) is 0 Å². The molecule has 2 aromatic carbocycles. The van der Waals surface area contributed by atoms with Gasteiger partial charge in [-0.2, -0.15) is 0 Å². The minimum Gasteiger partial charge on any atom is -0.350 e. The first-order chi connectivity index (χ1) is 13.8. The van der Waals surface area contributed by atoms with Gasteiger partial charge in [0.05, 0.1) is 24.0 Å². The second-order valence-corrected chi connectivity index (χ2v) is 8.75. The minimum atomic E-state index is -3.64. The van der Waals surface area contributed by atoms with Crippen molar-refractivity contribution in [3.05, 3.63) is 78.4 Å². The molecule has 0 spiro atoms. The summed E-state index contributed by atoms with van der Waals surface area (Å²) in [7, 11) is -3.64. The SMILES string of the molecule is Cc1ccc(N(C(C)C(=O)NCc2ccccc2-n2ccnc2)S(C)(=O)=O)cc1. The topological polar surface area (TPSA) is 84.3 Å². The van der Waals surface area contributed by atoms with Crippen LogP contribution in [0.5, 0.6) is 0 Å². The van der Waals surface area contributed by atoms with E-state index in [1.165, 1.54) is 0 Å². The van der Waals surface area contributed by atoms with Crippen LogP contribution in [0, 0.1) is 6.92 Å². The van der Waals surface area contributed by atoms with Crippen LogP contribution in [-0.2, 0) is 21.4 Å². The number of imidazole rings is 1. The van der Waals surface area contributed by atoms with E-state index < -0.39 is 16.1 Å². The molecule has 0 radical (unpaired) electrons. The number of nitrogens with one attached hydrogen (secondary N) is 1. The van der Waals surface area contributed by atoms with Gasteiger partial charge in [-0.25, -0.2) is 13.4 Å². The Morgan fingerprint density at radius 3 is 2.48 bits per heavy atom. The number of aryl methyl sites for hydroxylation is 1. The summed E-state index contributed by atoms with van der Waals surface area (Å²) in [4.78, 5) is 16.9. The molecule has 0 aliphatic heterocycles. The van der Waals surface area contributed by atoms with Gasteiger partial charge in [0.25, 0.3) is 0 Å². The number of para-hydroxylation sites is 1. The molecule has 0 aliphatic carbocycles. The molecular formula is C21H24N4O3S. The predicted molar refractivity (Wildman–Crippen MR) is 113 cm³/mol. The number of aromatic nitrogens is 2. The lowest BCUT2D eigenvalue weighted by molar-refractivity contribution is -0.122. The van der Waals surface area contributed by atoms with Crippen LogP contribution in [0.15, 0.2) is 67.3 Å². The molecule has 29 heavy (non-hydrogen) atoms. The van der Waals surface area contributed by atoms with Gasteiger partial charge in [0, 0.05) is 18.9 Å². The maximum Gasteiger partial charge on any atom is 0.243 e. The smallest absolute Gasteiger partial charge is 0.243 e. The number of carbonyl (C=O) groups excluding carboxylic acids is 1. The van der Waals surface area contributed by atoms with Gasteiger partial charge in [0.15, 0.2) is 0 Å². The lowest BCUT2D eigenvalue weighted by Gasteiger charge is -2.28. The molecule has 1 amide bonds. The molecular weight excluding hydrogens is 388 g/mol. The molecule has 7 nitrogen and oxygen atoms in total. The first-order valence-electron chi connectivity index (χ1n) is 9.17. The van der Waals surface area contributed by atoms with Crippen molar-refractivity contribution in [2.24, 2.45) is 0 Å². The van der Waals surface area contributed by atoms with Crippen LogP contribution in [0.1, 0.15) is 18.1 Å². The zero-order chi connectivity index (χ0) is 21.0. The van der Waals surface area contributed by atoms with E-state index >= 15 is 0 Å². The Kier molecular flexibility index (Phi) is 6.03. The lowest BCUT2D eigenvalue weighted by Crippen LogP contribution is -2.47. The summed E-state index contributed by atoms with van der Waals surface area (Å²) >= 11 is 0. The maximum atomic E-state index is 12.8. The molecule has 0 saturated heterocycles. The van der Waals surface area contributed by atoms with Gasteiger partial charge in [-0.05, 0) is 37.6 Å². The van der Waals surface area contributed by atoms with Gasteiger partial charge in [0.2, 0.25) is 15.9 Å². The van der Waals surface area contributed by atoms with Crippen LogP contribution in [0.2, 0.25) is 0 Å². The predicted octanol–water partition coefficient (Wildman–Crippen LogP) is 2.65. The van der Waals surface area contributed by atoms with E-state index in [1.54, 1.807) is 31.6 Å². The summed E-state index contributed by atoms with van der Waals surface area (Å²) in [6, 6.07) is 13.8. The van der Waals surface area contributed by atoms with Gasteiger partial charge in [-0.1, -0.05) is 35.9 Å². The average Bonchev–Trinajstić information content (AvgIpc) is 3.21. The molecule has 0 saturated carbocycles. The van der Waals surface area contributed by atoms with Crippen LogP contribution in [-0.4, -0.2) is 36.2 Å². The fourth-order valence-corrected chi connectivity index (χ4v) is 4.32. The first-order valence-corrected chi connectivity index (χ1v) is 11.0. The van der Waals surface area contributed by atoms with Gasteiger partial charge in [0.1, 0.15) is 6.04 Å².